The van der Waals surface area contributed by atoms with Crippen molar-refractivity contribution >= 4 is 122 Å². The maximum Gasteiger partial charge on any atom is 0.0950 e. The minimum atomic E-state index is -1.99. The van der Waals surface area contributed by atoms with E-state index in [1.165, 1.54) is 73.9 Å². The van der Waals surface area contributed by atoms with Crippen LogP contribution in [0.3, 0.4) is 0 Å². The third-order valence-corrected chi connectivity index (χ3v) is 25.4. The van der Waals surface area contributed by atoms with Crippen molar-refractivity contribution < 1.29 is 0 Å². The molecule has 0 bridgehead atoms. The van der Waals surface area contributed by atoms with Crippen molar-refractivity contribution in [2.45, 2.75) is 97.7 Å². The fraction of sp³-hybridized carbons (Fsp3) is 0.195. The highest BCUT2D eigenvalue weighted by Crippen LogP contribution is 2.45. The zero-order valence-corrected chi connectivity index (χ0v) is 50.2. The summed E-state index contributed by atoms with van der Waals surface area (Å²) in [6, 6.07) is 67.2. The quantitative estimate of drug-likeness (QED) is 0.0674. The molecule has 12 aromatic carbocycles. The standard InChI is InChI=1S/C77H65ISi/c1-47(2)76-62-29-14-22-55(69(62)45-70-56(23-15-30-63(70)76)39-37-54-21-13-27-60-42-61-28-17-33-74(78)72(61)44-68(54)60)38-35-52-19-11-25-58-41-59-26-12-20-53(67(59)43-66(52)58)36-40-57-24-16-31-64-71(57)46-73-65(77(64)48(3)4)32-18-34-75(73)79(49(5)6,50(7)8)51(9)10/h11-34,41-51H,1-10H3. The number of halogens is 1. The minimum absolute atomic E-state index is 0.284. The van der Waals surface area contributed by atoms with Gasteiger partial charge in [-0.2, -0.15) is 0 Å². The van der Waals surface area contributed by atoms with Crippen molar-refractivity contribution in [1.29, 1.82) is 0 Å². The van der Waals surface area contributed by atoms with Crippen molar-refractivity contribution in [3.8, 4) is 35.5 Å². The summed E-state index contributed by atoms with van der Waals surface area (Å²) in [5.74, 6) is 22.9. The highest BCUT2D eigenvalue weighted by molar-refractivity contribution is 14.1. The SMILES string of the molecule is CC(C)c1c2cccc(C#Cc3cccc4cc5cccc(I)c5cc34)c2cc2c(C#Cc3cccc4cc5cccc(C#Cc6cccc7c(C(C)C)c8cccc([Si](C(C)C)(C(C)C)C(C)C)c8cc67)c5cc34)cccc12. The van der Waals surface area contributed by atoms with Crippen LogP contribution < -0.4 is 5.19 Å². The van der Waals surface area contributed by atoms with Gasteiger partial charge in [0.15, 0.2) is 0 Å². The first-order chi connectivity index (χ1) is 38.2. The number of hydrogen-bond acceptors (Lipinski definition) is 0. The molecule has 384 valence electrons. The van der Waals surface area contributed by atoms with E-state index in [1.807, 2.05) is 0 Å². The molecule has 0 saturated carbocycles. The van der Waals surface area contributed by atoms with Crippen LogP contribution in [-0.2, 0) is 0 Å². The molecule has 0 aliphatic rings. The molecule has 0 aliphatic heterocycles. The van der Waals surface area contributed by atoms with E-state index in [4.69, 9.17) is 0 Å². The van der Waals surface area contributed by atoms with Gasteiger partial charge in [0.25, 0.3) is 0 Å². The van der Waals surface area contributed by atoms with Crippen LogP contribution in [0.1, 0.15) is 126 Å². The summed E-state index contributed by atoms with van der Waals surface area (Å²) in [4.78, 5) is 0. The summed E-state index contributed by atoms with van der Waals surface area (Å²) in [7, 11) is -1.99. The van der Waals surface area contributed by atoms with E-state index in [0.717, 1.165) is 60.3 Å². The van der Waals surface area contributed by atoms with Crippen LogP contribution in [0.25, 0.3) is 86.2 Å². The Balaban J connectivity index is 0.968. The van der Waals surface area contributed by atoms with Crippen molar-refractivity contribution in [2.24, 2.45) is 0 Å². The van der Waals surface area contributed by atoms with Gasteiger partial charge >= 0.3 is 0 Å². The van der Waals surface area contributed by atoms with Gasteiger partial charge in [0.05, 0.1) is 8.07 Å². The normalized spacial score (nSPS) is 12.0. The van der Waals surface area contributed by atoms with Crippen LogP contribution >= 0.6 is 22.6 Å². The molecule has 0 aliphatic carbocycles. The van der Waals surface area contributed by atoms with Crippen molar-refractivity contribution in [3.63, 3.8) is 0 Å². The summed E-state index contributed by atoms with van der Waals surface area (Å²) >= 11 is 2.44. The number of rotatable bonds is 6. The third-order valence-electron chi connectivity index (χ3n) is 17.4. The number of benzene rings is 12. The highest BCUT2D eigenvalue weighted by Gasteiger charge is 2.45. The lowest BCUT2D eigenvalue weighted by Gasteiger charge is -2.44. The maximum atomic E-state index is 3.76. The van der Waals surface area contributed by atoms with Gasteiger partial charge in [0, 0.05) is 37.0 Å². The Kier molecular flexibility index (Phi) is 13.7. The Morgan fingerprint density at radius 1 is 0.278 bits per heavy atom. The summed E-state index contributed by atoms with van der Waals surface area (Å²) in [6.07, 6.45) is 0. The Morgan fingerprint density at radius 2 is 0.557 bits per heavy atom. The highest BCUT2D eigenvalue weighted by atomic mass is 127. The molecular formula is C77H65ISi. The first kappa shape index (κ1) is 52.1. The lowest BCUT2D eigenvalue weighted by molar-refractivity contribution is 0.836. The lowest BCUT2D eigenvalue weighted by atomic mass is 9.87. The molecule has 0 heterocycles. The second-order valence-electron chi connectivity index (χ2n) is 23.4. The van der Waals surface area contributed by atoms with Crippen LogP contribution in [0.2, 0.25) is 16.6 Å². The smallest absolute Gasteiger partial charge is 0.0648 e. The molecular weight excluding hydrogens is 1080 g/mol. The summed E-state index contributed by atoms with van der Waals surface area (Å²) < 4.78 is 1.24. The zero-order chi connectivity index (χ0) is 54.9. The molecule has 12 rings (SSSR count). The average Bonchev–Trinajstić information content (AvgIpc) is 3.62. The predicted octanol–water partition coefficient (Wildman–Crippen LogP) is 20.8. The molecule has 0 nitrogen and oxygen atoms in total. The van der Waals surface area contributed by atoms with Gasteiger partial charge in [0.1, 0.15) is 0 Å². The third kappa shape index (κ3) is 8.98. The minimum Gasteiger partial charge on any atom is -0.0648 e. The van der Waals surface area contributed by atoms with Crippen LogP contribution in [0.5, 0.6) is 0 Å². The maximum absolute atomic E-state index is 3.76. The summed E-state index contributed by atoms with van der Waals surface area (Å²) in [6.45, 7) is 24.2. The molecule has 0 aromatic heterocycles. The van der Waals surface area contributed by atoms with Crippen LogP contribution in [0.4, 0.5) is 0 Å². The average molecular weight is 1150 g/mol. The van der Waals surface area contributed by atoms with E-state index in [0.29, 0.717) is 22.5 Å². The van der Waals surface area contributed by atoms with Crippen molar-refractivity contribution in [3.05, 3.63) is 230 Å². The second kappa shape index (κ2) is 20.9. The van der Waals surface area contributed by atoms with Gasteiger partial charge in [-0.25, -0.2) is 0 Å². The second-order valence-corrected chi connectivity index (χ2v) is 30.4. The van der Waals surface area contributed by atoms with E-state index in [9.17, 15) is 0 Å². The molecule has 0 radical (unpaired) electrons. The van der Waals surface area contributed by atoms with Gasteiger partial charge in [-0.05, 0) is 227 Å². The zero-order valence-electron chi connectivity index (χ0n) is 47.1. The monoisotopic (exact) mass is 1140 g/mol. The fourth-order valence-electron chi connectivity index (χ4n) is 14.1. The van der Waals surface area contributed by atoms with Gasteiger partial charge < -0.3 is 0 Å². The van der Waals surface area contributed by atoms with Crippen LogP contribution in [0, 0.1) is 39.1 Å². The molecule has 0 N–H and O–H groups in total. The van der Waals surface area contributed by atoms with E-state index in [1.54, 1.807) is 5.19 Å². The molecule has 12 aromatic rings. The summed E-state index contributed by atoms with van der Waals surface area (Å²) in [5.41, 5.74) is 10.7. The molecule has 0 saturated heterocycles. The first-order valence-electron chi connectivity index (χ1n) is 28.3. The molecule has 2 heteroatoms. The van der Waals surface area contributed by atoms with Gasteiger partial charge in [-0.3, -0.25) is 0 Å². The van der Waals surface area contributed by atoms with E-state index in [-0.39, 0.29) is 5.92 Å². The van der Waals surface area contributed by atoms with E-state index >= 15 is 0 Å². The lowest BCUT2D eigenvalue weighted by Crippen LogP contribution is -2.55. The Bertz CT molecular complexity index is 4660. The van der Waals surface area contributed by atoms with Crippen molar-refractivity contribution in [2.75, 3.05) is 0 Å². The number of fused-ring (bicyclic) bond motifs is 8. The van der Waals surface area contributed by atoms with Gasteiger partial charge in [-0.1, -0.05) is 213 Å². The fourth-order valence-corrected chi connectivity index (χ4v) is 21.7. The van der Waals surface area contributed by atoms with Gasteiger partial charge in [0.2, 0.25) is 0 Å². The topological polar surface area (TPSA) is 0 Å². The Hall–Kier alpha value is -7.65. The van der Waals surface area contributed by atoms with E-state index < -0.39 is 8.07 Å². The van der Waals surface area contributed by atoms with Crippen LogP contribution in [-0.4, -0.2) is 8.07 Å². The molecule has 79 heavy (non-hydrogen) atoms. The molecule has 0 atom stereocenters. The van der Waals surface area contributed by atoms with Gasteiger partial charge in [-0.15, -0.1) is 0 Å². The van der Waals surface area contributed by atoms with Crippen molar-refractivity contribution in [1.82, 2.24) is 0 Å². The first-order valence-corrected chi connectivity index (χ1v) is 31.6. The molecule has 0 amide bonds. The molecule has 0 fully saturated rings. The Morgan fingerprint density at radius 3 is 0.924 bits per heavy atom. The Labute approximate surface area is 481 Å². The molecule has 0 unspecified atom stereocenters. The largest absolute Gasteiger partial charge is 0.0950 e. The number of hydrogen-bond donors (Lipinski definition) is 0. The predicted molar refractivity (Wildman–Crippen MR) is 355 cm³/mol. The van der Waals surface area contributed by atoms with E-state index in [2.05, 4.69) is 309 Å². The van der Waals surface area contributed by atoms with Crippen LogP contribution in [0.15, 0.2) is 182 Å². The molecule has 0 spiro atoms. The summed E-state index contributed by atoms with van der Waals surface area (Å²) in [5, 5.41) is 21.2.